The van der Waals surface area contributed by atoms with Crippen LogP contribution in [0.4, 0.5) is 0 Å². The van der Waals surface area contributed by atoms with Crippen LogP contribution in [0.3, 0.4) is 0 Å². The topological polar surface area (TPSA) is 79.3 Å². The number of nitrogens with one attached hydrogen (secondary N) is 1. The number of amides is 1. The predicted octanol–water partition coefficient (Wildman–Crippen LogP) is 3.73. The highest BCUT2D eigenvalue weighted by atomic mass is 32.2. The number of benzene rings is 1. The van der Waals surface area contributed by atoms with Gasteiger partial charge < -0.3 is 10.4 Å². The lowest BCUT2D eigenvalue weighted by atomic mass is 10.1. The summed E-state index contributed by atoms with van der Waals surface area (Å²) in [5.74, 6) is -0.427. The second kappa shape index (κ2) is 8.01. The van der Waals surface area contributed by atoms with E-state index in [2.05, 4.69) is 15.7 Å². The van der Waals surface area contributed by atoms with Crippen LogP contribution in [-0.2, 0) is 10.5 Å². The fraction of sp³-hybridized carbons (Fsp3) is 0.389. The summed E-state index contributed by atoms with van der Waals surface area (Å²) in [6, 6.07) is 7.46. The van der Waals surface area contributed by atoms with Gasteiger partial charge in [0.2, 0.25) is 0 Å². The minimum Gasteiger partial charge on any atom is -0.481 e. The molecule has 0 bridgehead atoms. The van der Waals surface area contributed by atoms with Crippen LogP contribution in [0.25, 0.3) is 0 Å². The van der Waals surface area contributed by atoms with E-state index in [1.54, 1.807) is 23.1 Å². The highest BCUT2D eigenvalue weighted by Gasteiger charge is 2.30. The molecule has 3 rings (SSSR count). The third-order valence-corrected chi connectivity index (χ3v) is 6.15. The van der Waals surface area contributed by atoms with Crippen molar-refractivity contribution >= 4 is 35.0 Å². The van der Waals surface area contributed by atoms with Crippen LogP contribution in [0.5, 0.6) is 0 Å². The molecule has 1 aliphatic carbocycles. The van der Waals surface area contributed by atoms with Crippen molar-refractivity contribution in [2.75, 3.05) is 0 Å². The normalized spacial score (nSPS) is 19.7. The van der Waals surface area contributed by atoms with Crippen LogP contribution in [0, 0.1) is 12.8 Å². The van der Waals surface area contributed by atoms with Gasteiger partial charge in [0.25, 0.3) is 5.91 Å². The maximum absolute atomic E-state index is 12.3. The molecule has 1 aromatic heterocycles. The first kappa shape index (κ1) is 17.9. The van der Waals surface area contributed by atoms with E-state index in [9.17, 15) is 9.59 Å². The van der Waals surface area contributed by atoms with Gasteiger partial charge in [0.15, 0.2) is 0 Å². The number of aryl methyl sites for hydroxylation is 1. The molecule has 5 nitrogen and oxygen atoms in total. The summed E-state index contributed by atoms with van der Waals surface area (Å²) >= 11 is 3.34. The monoisotopic (exact) mass is 376 g/mol. The number of thiazole rings is 1. The predicted molar refractivity (Wildman–Crippen MR) is 99.1 cm³/mol. The van der Waals surface area contributed by atoms with E-state index in [0.717, 1.165) is 27.8 Å². The smallest absolute Gasteiger partial charge is 0.306 e. The summed E-state index contributed by atoms with van der Waals surface area (Å²) in [5.41, 5.74) is 1.68. The SMILES string of the molecule is Cc1nc(CSc2ccc(C(=O)N[C@H]3CC[C@@H](C(=O)O)C3)cc2)cs1. The van der Waals surface area contributed by atoms with Gasteiger partial charge in [-0.25, -0.2) is 4.98 Å². The summed E-state index contributed by atoms with van der Waals surface area (Å²) in [7, 11) is 0. The number of hydrogen-bond acceptors (Lipinski definition) is 5. The molecule has 0 aliphatic heterocycles. The lowest BCUT2D eigenvalue weighted by molar-refractivity contribution is -0.141. The van der Waals surface area contributed by atoms with Gasteiger partial charge >= 0.3 is 5.97 Å². The molecular weight excluding hydrogens is 356 g/mol. The third-order valence-electron chi connectivity index (χ3n) is 4.29. The zero-order chi connectivity index (χ0) is 17.8. The van der Waals surface area contributed by atoms with E-state index >= 15 is 0 Å². The van der Waals surface area contributed by atoms with Gasteiger partial charge in [-0.1, -0.05) is 0 Å². The van der Waals surface area contributed by atoms with Crippen molar-refractivity contribution in [2.24, 2.45) is 5.92 Å². The van der Waals surface area contributed by atoms with Crippen LogP contribution in [0.15, 0.2) is 34.5 Å². The number of nitrogens with zero attached hydrogens (tertiary/aromatic N) is 1. The molecule has 0 spiro atoms. The summed E-state index contributed by atoms with van der Waals surface area (Å²) in [4.78, 5) is 28.8. The van der Waals surface area contributed by atoms with E-state index in [0.29, 0.717) is 18.4 Å². The van der Waals surface area contributed by atoms with Gasteiger partial charge in [0.1, 0.15) is 0 Å². The van der Waals surface area contributed by atoms with Gasteiger partial charge in [-0.15, -0.1) is 23.1 Å². The van der Waals surface area contributed by atoms with Crippen molar-refractivity contribution in [3.8, 4) is 0 Å². The number of carbonyl (C=O) groups is 2. The molecule has 1 fully saturated rings. The first-order valence-corrected chi connectivity index (χ1v) is 10.1. The molecule has 0 radical (unpaired) electrons. The van der Waals surface area contributed by atoms with E-state index in [-0.39, 0.29) is 17.9 Å². The molecule has 2 aromatic rings. The quantitative estimate of drug-likeness (QED) is 0.751. The standard InChI is InChI=1S/C18H20N2O3S2/c1-11-19-15(9-24-11)10-25-16-6-3-12(4-7-16)17(21)20-14-5-2-13(8-14)18(22)23/h3-4,6-7,9,13-14H,2,5,8,10H2,1H3,(H,20,21)(H,22,23)/t13-,14+/m1/s1. The Morgan fingerprint density at radius 2 is 2.08 bits per heavy atom. The molecule has 0 unspecified atom stereocenters. The highest BCUT2D eigenvalue weighted by Crippen LogP contribution is 2.26. The lowest BCUT2D eigenvalue weighted by Crippen LogP contribution is -2.33. The Labute approximate surface area is 154 Å². The first-order chi connectivity index (χ1) is 12.0. The molecule has 1 aliphatic rings. The molecule has 2 atom stereocenters. The number of aliphatic carboxylic acids is 1. The number of aromatic nitrogens is 1. The molecule has 0 saturated heterocycles. The number of thioether (sulfide) groups is 1. The van der Waals surface area contributed by atoms with Crippen LogP contribution in [0.2, 0.25) is 0 Å². The van der Waals surface area contributed by atoms with Gasteiger partial charge in [0.05, 0.1) is 16.6 Å². The third kappa shape index (κ3) is 4.83. The molecule has 7 heteroatoms. The average molecular weight is 377 g/mol. The first-order valence-electron chi connectivity index (χ1n) is 8.19. The van der Waals surface area contributed by atoms with E-state index in [1.165, 1.54) is 0 Å². The molecule has 25 heavy (non-hydrogen) atoms. The second-order valence-electron chi connectivity index (χ2n) is 6.19. The fourth-order valence-electron chi connectivity index (χ4n) is 2.94. The van der Waals surface area contributed by atoms with Crippen molar-refractivity contribution in [3.05, 3.63) is 45.9 Å². The Morgan fingerprint density at radius 1 is 1.32 bits per heavy atom. The molecule has 1 aromatic carbocycles. The Bertz CT molecular complexity index is 758. The van der Waals surface area contributed by atoms with Gasteiger partial charge in [0, 0.05) is 27.6 Å². The van der Waals surface area contributed by atoms with Crippen LogP contribution >= 0.6 is 23.1 Å². The minimum absolute atomic E-state index is 0.0458. The Hall–Kier alpha value is -1.86. The van der Waals surface area contributed by atoms with Gasteiger partial charge in [-0.3, -0.25) is 9.59 Å². The zero-order valence-electron chi connectivity index (χ0n) is 13.9. The molecule has 1 amide bonds. The Balaban J connectivity index is 1.51. The summed E-state index contributed by atoms with van der Waals surface area (Å²) in [5, 5.41) is 15.1. The fourth-order valence-corrected chi connectivity index (χ4v) is 4.45. The molecule has 2 N–H and O–H groups in total. The van der Waals surface area contributed by atoms with E-state index < -0.39 is 5.97 Å². The highest BCUT2D eigenvalue weighted by molar-refractivity contribution is 7.98. The van der Waals surface area contributed by atoms with Crippen LogP contribution in [0.1, 0.15) is 40.3 Å². The lowest BCUT2D eigenvalue weighted by Gasteiger charge is -2.12. The molecule has 1 saturated carbocycles. The summed E-state index contributed by atoms with van der Waals surface area (Å²) in [6.07, 6.45) is 1.87. The van der Waals surface area contributed by atoms with Crippen molar-refractivity contribution in [3.63, 3.8) is 0 Å². The van der Waals surface area contributed by atoms with Crippen molar-refractivity contribution in [2.45, 2.75) is 42.9 Å². The van der Waals surface area contributed by atoms with Crippen LogP contribution in [-0.4, -0.2) is 28.0 Å². The maximum Gasteiger partial charge on any atom is 0.306 e. The maximum atomic E-state index is 12.3. The number of carboxylic acid groups (broad SMARTS) is 1. The summed E-state index contributed by atoms with van der Waals surface area (Å²) < 4.78 is 0. The zero-order valence-corrected chi connectivity index (χ0v) is 15.5. The number of rotatable bonds is 6. The molecule has 1 heterocycles. The number of hydrogen-bond donors (Lipinski definition) is 2. The largest absolute Gasteiger partial charge is 0.481 e. The molecular formula is C18H20N2O3S2. The minimum atomic E-state index is -0.770. The van der Waals surface area contributed by atoms with Gasteiger partial charge in [-0.2, -0.15) is 0 Å². The van der Waals surface area contributed by atoms with Crippen molar-refractivity contribution in [1.29, 1.82) is 0 Å². The Morgan fingerprint density at radius 3 is 2.68 bits per heavy atom. The van der Waals surface area contributed by atoms with Gasteiger partial charge in [-0.05, 0) is 50.5 Å². The van der Waals surface area contributed by atoms with E-state index in [1.807, 2.05) is 31.2 Å². The van der Waals surface area contributed by atoms with E-state index in [4.69, 9.17) is 5.11 Å². The van der Waals surface area contributed by atoms with Crippen molar-refractivity contribution < 1.29 is 14.7 Å². The van der Waals surface area contributed by atoms with Crippen molar-refractivity contribution in [1.82, 2.24) is 10.3 Å². The van der Waals surface area contributed by atoms with Crippen LogP contribution < -0.4 is 5.32 Å². The Kier molecular flexibility index (Phi) is 5.75. The summed E-state index contributed by atoms with van der Waals surface area (Å²) in [6.45, 7) is 2.00. The number of carbonyl (C=O) groups excluding carboxylic acids is 1. The average Bonchev–Trinajstić information content (AvgIpc) is 3.22. The number of carboxylic acids is 1. The second-order valence-corrected chi connectivity index (χ2v) is 8.30. The molecule has 132 valence electrons.